The zero-order valence-electron chi connectivity index (χ0n) is 24.7. The molecule has 226 valence electrons. The van der Waals surface area contributed by atoms with Gasteiger partial charge in [0.05, 0.1) is 23.5 Å². The van der Waals surface area contributed by atoms with Crippen molar-refractivity contribution >= 4 is 22.5 Å². The molecule has 0 saturated carbocycles. The third-order valence-corrected chi connectivity index (χ3v) is 7.62. The monoisotopic (exact) mass is 593 g/mol. The number of halogens is 1. The van der Waals surface area contributed by atoms with Crippen molar-refractivity contribution in [3.8, 4) is 11.1 Å². The number of aromatic nitrogens is 3. The quantitative estimate of drug-likeness (QED) is 0.135. The van der Waals surface area contributed by atoms with Gasteiger partial charge in [0.1, 0.15) is 5.69 Å². The van der Waals surface area contributed by atoms with Crippen LogP contribution in [0, 0.1) is 12.7 Å². The molecule has 0 aliphatic carbocycles. The van der Waals surface area contributed by atoms with Gasteiger partial charge in [0.25, 0.3) is 5.91 Å². The second-order valence-electron chi connectivity index (χ2n) is 10.7. The van der Waals surface area contributed by atoms with E-state index >= 15 is 4.39 Å². The molecular weight excluding hydrogens is 557 g/mol. The molecule has 3 heterocycles. The number of aliphatic hydroxyl groups is 2. The van der Waals surface area contributed by atoms with Gasteiger partial charge < -0.3 is 20.8 Å². The zero-order chi connectivity index (χ0) is 30.9. The van der Waals surface area contributed by atoms with E-state index in [0.717, 1.165) is 57.3 Å². The van der Waals surface area contributed by atoms with Crippen LogP contribution in [0.4, 0.5) is 10.1 Å². The van der Waals surface area contributed by atoms with Crippen molar-refractivity contribution < 1.29 is 19.4 Å². The first kappa shape index (κ1) is 30.9. The highest BCUT2D eigenvalue weighted by Gasteiger charge is 2.17. The first-order valence-electron chi connectivity index (χ1n) is 14.8. The van der Waals surface area contributed by atoms with Gasteiger partial charge in [0.15, 0.2) is 5.82 Å². The Hall–Kier alpha value is -4.57. The number of aryl methyl sites for hydroxylation is 1. The SMILES string of the molecule is Cc1c(Cc2nccc3cc(CNCCO)cnc23)cccc1-c1cccc(NC(=O)c2ccc(CCCCO)cn2)c1F. The predicted octanol–water partition coefficient (Wildman–Crippen LogP) is 5.38. The molecule has 9 heteroatoms. The Morgan fingerprint density at radius 2 is 1.70 bits per heavy atom. The van der Waals surface area contributed by atoms with Crippen LogP contribution in [0.3, 0.4) is 0 Å². The lowest BCUT2D eigenvalue weighted by atomic mass is 9.93. The minimum absolute atomic E-state index is 0.0790. The number of hydrogen-bond donors (Lipinski definition) is 4. The number of carbonyl (C=O) groups is 1. The third-order valence-electron chi connectivity index (χ3n) is 7.62. The number of pyridine rings is 3. The number of anilines is 1. The number of rotatable bonds is 13. The summed E-state index contributed by atoms with van der Waals surface area (Å²) in [6.45, 7) is 3.32. The van der Waals surface area contributed by atoms with E-state index in [0.29, 0.717) is 31.5 Å². The molecular formula is C35H36FN5O3. The molecule has 0 aliphatic rings. The Balaban J connectivity index is 1.35. The van der Waals surface area contributed by atoms with Crippen molar-refractivity contribution in [1.29, 1.82) is 0 Å². The smallest absolute Gasteiger partial charge is 0.274 e. The van der Waals surface area contributed by atoms with E-state index in [4.69, 9.17) is 10.2 Å². The van der Waals surface area contributed by atoms with Gasteiger partial charge in [0, 0.05) is 55.7 Å². The Morgan fingerprint density at radius 3 is 2.50 bits per heavy atom. The van der Waals surface area contributed by atoms with Gasteiger partial charge in [-0.05, 0) is 78.3 Å². The summed E-state index contributed by atoms with van der Waals surface area (Å²) in [5.41, 5.74) is 6.93. The lowest BCUT2D eigenvalue weighted by molar-refractivity contribution is 0.102. The third kappa shape index (κ3) is 7.31. The van der Waals surface area contributed by atoms with E-state index in [2.05, 4.69) is 31.7 Å². The number of nitrogens with one attached hydrogen (secondary N) is 2. The highest BCUT2D eigenvalue weighted by molar-refractivity contribution is 6.03. The van der Waals surface area contributed by atoms with Gasteiger partial charge in [-0.1, -0.05) is 36.4 Å². The maximum Gasteiger partial charge on any atom is 0.274 e. The van der Waals surface area contributed by atoms with Crippen LogP contribution in [-0.2, 0) is 19.4 Å². The Morgan fingerprint density at radius 1 is 0.886 bits per heavy atom. The van der Waals surface area contributed by atoms with E-state index in [1.54, 1.807) is 36.7 Å². The molecule has 0 saturated heterocycles. The minimum Gasteiger partial charge on any atom is -0.396 e. The predicted molar refractivity (Wildman–Crippen MR) is 170 cm³/mol. The highest BCUT2D eigenvalue weighted by Crippen LogP contribution is 2.32. The van der Waals surface area contributed by atoms with Crippen LogP contribution in [0.25, 0.3) is 22.0 Å². The van der Waals surface area contributed by atoms with Crippen molar-refractivity contribution in [3.63, 3.8) is 0 Å². The molecule has 44 heavy (non-hydrogen) atoms. The van der Waals surface area contributed by atoms with Crippen molar-refractivity contribution in [2.75, 3.05) is 25.1 Å². The number of benzene rings is 2. The molecule has 0 bridgehead atoms. The number of carbonyl (C=O) groups excluding carboxylic acids is 1. The maximum atomic E-state index is 15.9. The van der Waals surface area contributed by atoms with Crippen molar-refractivity contribution in [3.05, 3.63) is 119 Å². The van der Waals surface area contributed by atoms with Gasteiger partial charge in [-0.2, -0.15) is 0 Å². The van der Waals surface area contributed by atoms with E-state index in [1.807, 2.05) is 43.5 Å². The number of nitrogens with zero attached hydrogens (tertiary/aromatic N) is 3. The van der Waals surface area contributed by atoms with Crippen LogP contribution in [0.1, 0.15) is 51.3 Å². The molecule has 8 nitrogen and oxygen atoms in total. The van der Waals surface area contributed by atoms with Gasteiger partial charge in [-0.15, -0.1) is 0 Å². The summed E-state index contributed by atoms with van der Waals surface area (Å²) in [4.78, 5) is 26.5. The maximum absolute atomic E-state index is 15.9. The number of fused-ring (bicyclic) bond motifs is 1. The second-order valence-corrected chi connectivity index (χ2v) is 10.7. The Bertz CT molecular complexity index is 1740. The topological polar surface area (TPSA) is 120 Å². The summed E-state index contributed by atoms with van der Waals surface area (Å²) in [6.07, 6.45) is 8.07. The molecule has 0 spiro atoms. The first-order valence-corrected chi connectivity index (χ1v) is 14.8. The molecule has 1 amide bonds. The lowest BCUT2D eigenvalue weighted by Gasteiger charge is -2.15. The Labute approximate surface area is 256 Å². The van der Waals surface area contributed by atoms with Gasteiger partial charge in [0.2, 0.25) is 0 Å². The van der Waals surface area contributed by atoms with Crippen molar-refractivity contribution in [2.45, 2.75) is 39.2 Å². The van der Waals surface area contributed by atoms with E-state index in [-0.39, 0.29) is 24.6 Å². The first-order chi connectivity index (χ1) is 21.5. The largest absolute Gasteiger partial charge is 0.396 e. The normalized spacial score (nSPS) is 11.2. The molecule has 0 atom stereocenters. The van der Waals surface area contributed by atoms with Crippen LogP contribution >= 0.6 is 0 Å². The second kappa shape index (κ2) is 14.7. The summed E-state index contributed by atoms with van der Waals surface area (Å²) in [7, 11) is 0. The minimum atomic E-state index is -0.519. The average molecular weight is 594 g/mol. The lowest BCUT2D eigenvalue weighted by Crippen LogP contribution is -2.17. The molecule has 0 unspecified atom stereocenters. The van der Waals surface area contributed by atoms with Crippen molar-refractivity contribution in [2.24, 2.45) is 0 Å². The summed E-state index contributed by atoms with van der Waals surface area (Å²) < 4.78 is 15.9. The molecule has 0 aliphatic heterocycles. The van der Waals surface area contributed by atoms with Crippen LogP contribution < -0.4 is 10.6 Å². The average Bonchev–Trinajstić information content (AvgIpc) is 3.04. The fourth-order valence-electron chi connectivity index (χ4n) is 5.22. The molecule has 5 rings (SSSR count). The van der Waals surface area contributed by atoms with Crippen molar-refractivity contribution in [1.82, 2.24) is 20.3 Å². The van der Waals surface area contributed by atoms with E-state index in [1.165, 1.54) is 0 Å². The number of aliphatic hydroxyl groups excluding tert-OH is 2. The van der Waals surface area contributed by atoms with Crippen LogP contribution in [-0.4, -0.2) is 50.8 Å². The van der Waals surface area contributed by atoms with Crippen LogP contribution in [0.5, 0.6) is 0 Å². The fourth-order valence-corrected chi connectivity index (χ4v) is 5.22. The number of hydrogen-bond acceptors (Lipinski definition) is 7. The van der Waals surface area contributed by atoms with Gasteiger partial charge in [-0.25, -0.2) is 4.39 Å². The number of amides is 1. The standard InChI is InChI=1S/C35H36FN5O3/c1-23-26(19-32-34-27(13-14-38-32)18-25(22-40-34)20-37-15-17-43)7-4-8-28(23)29-9-5-10-30(33(29)36)41-35(44)31-12-11-24(21-39-31)6-2-3-16-42/h4-5,7-14,18,21-22,37,42-43H,2-3,6,15-17,19-20H2,1H3,(H,41,44). The fraction of sp³-hybridized carbons (Fsp3) is 0.257. The molecule has 0 fully saturated rings. The number of unbranched alkanes of at least 4 members (excludes halogenated alkanes) is 1. The molecule has 5 aromatic rings. The van der Waals surface area contributed by atoms with Crippen LogP contribution in [0.2, 0.25) is 0 Å². The zero-order valence-corrected chi connectivity index (χ0v) is 24.7. The molecule has 3 aromatic heterocycles. The van der Waals surface area contributed by atoms with Crippen LogP contribution in [0.15, 0.2) is 79.3 Å². The summed E-state index contributed by atoms with van der Waals surface area (Å²) >= 11 is 0. The molecule has 4 N–H and O–H groups in total. The van der Waals surface area contributed by atoms with E-state index < -0.39 is 11.7 Å². The van der Waals surface area contributed by atoms with E-state index in [9.17, 15) is 4.79 Å². The summed E-state index contributed by atoms with van der Waals surface area (Å²) in [5, 5.41) is 24.8. The van der Waals surface area contributed by atoms with Gasteiger partial charge >= 0.3 is 0 Å². The van der Waals surface area contributed by atoms with Gasteiger partial charge in [-0.3, -0.25) is 19.7 Å². The highest BCUT2D eigenvalue weighted by atomic mass is 19.1. The Kier molecular flexibility index (Phi) is 10.3. The summed E-state index contributed by atoms with van der Waals surface area (Å²) in [5.74, 6) is -1.01. The molecule has 0 radical (unpaired) electrons. The summed E-state index contributed by atoms with van der Waals surface area (Å²) in [6, 6.07) is 18.2. The molecule has 2 aromatic carbocycles.